The molecule has 0 bridgehead atoms. The van der Waals surface area contributed by atoms with Gasteiger partial charge >= 0.3 is 6.09 Å². The average Bonchev–Trinajstić information content (AvgIpc) is 2.96. The average molecular weight is 344 g/mol. The van der Waals surface area contributed by atoms with Gasteiger partial charge in [-0.3, -0.25) is 9.69 Å². The lowest BCUT2D eigenvalue weighted by atomic mass is 10.0. The Labute approximate surface area is 137 Å². The van der Waals surface area contributed by atoms with E-state index in [1.165, 1.54) is 12.0 Å². The molecule has 7 nitrogen and oxygen atoms in total. The first kappa shape index (κ1) is 17.0. The zero-order valence-electron chi connectivity index (χ0n) is 12.7. The van der Waals surface area contributed by atoms with E-state index in [4.69, 9.17) is 4.74 Å². The molecule has 2 amide bonds. The van der Waals surface area contributed by atoms with Crippen LogP contribution in [0.4, 0.5) is 4.79 Å². The maximum atomic E-state index is 12.2. The number of thioether (sulfide) groups is 1. The standard InChI is InChI=1S/C13H20N4O3S2/c1-9-15-16-12(22-9)21-8-6-14-11(18)10-5-3-4-7-17(10)13(19)20-2/h10H,3-8H2,1-2H3,(H,14,18)/t10-/m1/s1. The molecule has 1 atom stereocenters. The van der Waals surface area contributed by atoms with Crippen molar-refractivity contribution < 1.29 is 14.3 Å². The molecule has 1 aromatic heterocycles. The van der Waals surface area contributed by atoms with E-state index in [1.54, 1.807) is 23.1 Å². The van der Waals surface area contributed by atoms with Crippen molar-refractivity contribution in [3.8, 4) is 0 Å². The van der Waals surface area contributed by atoms with Crippen molar-refractivity contribution in [1.29, 1.82) is 0 Å². The highest BCUT2D eigenvalue weighted by molar-refractivity contribution is 8.01. The third kappa shape index (κ3) is 4.57. The third-order valence-corrected chi connectivity index (χ3v) is 5.32. The van der Waals surface area contributed by atoms with Gasteiger partial charge in [-0.05, 0) is 26.2 Å². The number of hydrogen-bond acceptors (Lipinski definition) is 7. The zero-order chi connectivity index (χ0) is 15.9. The van der Waals surface area contributed by atoms with Crippen molar-refractivity contribution in [3.05, 3.63) is 5.01 Å². The Bertz CT molecular complexity index is 523. The van der Waals surface area contributed by atoms with E-state index < -0.39 is 12.1 Å². The van der Waals surface area contributed by atoms with E-state index in [1.807, 2.05) is 6.92 Å². The summed E-state index contributed by atoms with van der Waals surface area (Å²) in [7, 11) is 1.34. The van der Waals surface area contributed by atoms with Crippen molar-refractivity contribution in [1.82, 2.24) is 20.4 Å². The summed E-state index contributed by atoms with van der Waals surface area (Å²) in [6, 6.07) is -0.421. The number of aryl methyl sites for hydroxylation is 1. The van der Waals surface area contributed by atoms with Gasteiger partial charge in [0.2, 0.25) is 5.91 Å². The molecule has 0 aromatic carbocycles. The molecule has 2 rings (SSSR count). The lowest BCUT2D eigenvalue weighted by Crippen LogP contribution is -2.52. The van der Waals surface area contributed by atoms with Gasteiger partial charge < -0.3 is 10.1 Å². The number of methoxy groups -OCH3 is 1. The second-order valence-corrected chi connectivity index (χ2v) is 7.43. The summed E-state index contributed by atoms with van der Waals surface area (Å²) >= 11 is 3.11. The number of likely N-dealkylation sites (tertiary alicyclic amines) is 1. The number of hydrogen-bond donors (Lipinski definition) is 1. The van der Waals surface area contributed by atoms with Crippen LogP contribution in [-0.4, -0.2) is 59.1 Å². The summed E-state index contributed by atoms with van der Waals surface area (Å²) in [5.74, 6) is 0.616. The number of nitrogens with one attached hydrogen (secondary N) is 1. The summed E-state index contributed by atoms with van der Waals surface area (Å²) in [6.45, 7) is 3.02. The van der Waals surface area contributed by atoms with E-state index in [0.29, 0.717) is 19.5 Å². The molecule has 9 heteroatoms. The largest absolute Gasteiger partial charge is 0.453 e. The molecule has 122 valence electrons. The second kappa shape index (κ2) is 8.33. The van der Waals surface area contributed by atoms with Crippen LogP contribution in [0.3, 0.4) is 0 Å². The molecule has 1 saturated heterocycles. The maximum absolute atomic E-state index is 12.2. The van der Waals surface area contributed by atoms with Crippen LogP contribution < -0.4 is 5.32 Å². The smallest absolute Gasteiger partial charge is 0.410 e. The fraction of sp³-hybridized carbons (Fsp3) is 0.692. The summed E-state index contributed by atoms with van der Waals surface area (Å²) in [5.41, 5.74) is 0. The molecule has 0 aliphatic carbocycles. The van der Waals surface area contributed by atoms with Gasteiger partial charge in [-0.2, -0.15) is 0 Å². The Balaban J connectivity index is 1.76. The molecule has 1 aliphatic heterocycles. The minimum Gasteiger partial charge on any atom is -0.453 e. The van der Waals surface area contributed by atoms with Gasteiger partial charge in [-0.1, -0.05) is 23.1 Å². The number of ether oxygens (including phenoxy) is 1. The van der Waals surface area contributed by atoms with Gasteiger partial charge in [0.05, 0.1) is 7.11 Å². The van der Waals surface area contributed by atoms with E-state index >= 15 is 0 Å². The molecule has 1 N–H and O–H groups in total. The normalized spacial score (nSPS) is 18.1. The Morgan fingerprint density at radius 2 is 2.27 bits per heavy atom. The van der Waals surface area contributed by atoms with Crippen LogP contribution in [-0.2, 0) is 9.53 Å². The summed E-state index contributed by atoms with van der Waals surface area (Å²) in [5, 5.41) is 11.8. The monoisotopic (exact) mass is 344 g/mol. The van der Waals surface area contributed by atoms with Crippen LogP contribution in [0.15, 0.2) is 4.34 Å². The van der Waals surface area contributed by atoms with Crippen LogP contribution in [0.2, 0.25) is 0 Å². The lowest BCUT2D eigenvalue weighted by molar-refractivity contribution is -0.126. The molecular weight excluding hydrogens is 324 g/mol. The molecule has 22 heavy (non-hydrogen) atoms. The summed E-state index contributed by atoms with van der Waals surface area (Å²) < 4.78 is 5.65. The number of carbonyl (C=O) groups is 2. The molecular formula is C13H20N4O3S2. The van der Waals surface area contributed by atoms with E-state index in [0.717, 1.165) is 27.9 Å². The Morgan fingerprint density at radius 1 is 1.45 bits per heavy atom. The molecule has 2 heterocycles. The summed E-state index contributed by atoms with van der Waals surface area (Å²) in [4.78, 5) is 25.5. The van der Waals surface area contributed by atoms with Crippen molar-refractivity contribution in [2.75, 3.05) is 26.0 Å². The van der Waals surface area contributed by atoms with Gasteiger partial charge in [0.15, 0.2) is 4.34 Å². The first-order chi connectivity index (χ1) is 10.6. The predicted molar refractivity (Wildman–Crippen MR) is 85.1 cm³/mol. The highest BCUT2D eigenvalue weighted by Crippen LogP contribution is 2.21. The minimum atomic E-state index is -0.432. The molecule has 1 aromatic rings. The molecule has 0 unspecified atom stereocenters. The highest BCUT2D eigenvalue weighted by Gasteiger charge is 2.32. The van der Waals surface area contributed by atoms with Crippen LogP contribution in [0, 0.1) is 6.92 Å². The molecule has 0 radical (unpaired) electrons. The van der Waals surface area contributed by atoms with E-state index in [-0.39, 0.29) is 5.91 Å². The van der Waals surface area contributed by atoms with Crippen molar-refractivity contribution in [2.24, 2.45) is 0 Å². The highest BCUT2D eigenvalue weighted by atomic mass is 32.2. The summed E-state index contributed by atoms with van der Waals surface area (Å²) in [6.07, 6.45) is 2.11. The van der Waals surface area contributed by atoms with Crippen LogP contribution in [0.25, 0.3) is 0 Å². The van der Waals surface area contributed by atoms with Crippen molar-refractivity contribution in [2.45, 2.75) is 36.6 Å². The molecule has 1 aliphatic rings. The lowest BCUT2D eigenvalue weighted by Gasteiger charge is -2.33. The molecule has 0 saturated carbocycles. The van der Waals surface area contributed by atoms with Crippen molar-refractivity contribution >= 4 is 35.1 Å². The predicted octanol–water partition coefficient (Wildman–Crippen LogP) is 1.68. The third-order valence-electron chi connectivity index (χ3n) is 3.35. The van der Waals surface area contributed by atoms with Gasteiger partial charge in [0.1, 0.15) is 11.0 Å². The first-order valence-electron chi connectivity index (χ1n) is 7.17. The minimum absolute atomic E-state index is 0.112. The van der Waals surface area contributed by atoms with Gasteiger partial charge in [-0.25, -0.2) is 4.79 Å². The fourth-order valence-electron chi connectivity index (χ4n) is 2.31. The first-order valence-corrected chi connectivity index (χ1v) is 8.97. The number of carbonyl (C=O) groups excluding carboxylic acids is 2. The Kier molecular flexibility index (Phi) is 6.44. The van der Waals surface area contributed by atoms with E-state index in [2.05, 4.69) is 15.5 Å². The number of aromatic nitrogens is 2. The molecule has 1 fully saturated rings. The van der Waals surface area contributed by atoms with Crippen LogP contribution in [0.1, 0.15) is 24.3 Å². The number of nitrogens with zero attached hydrogens (tertiary/aromatic N) is 3. The second-order valence-electron chi connectivity index (χ2n) is 4.90. The fourth-order valence-corrected chi connectivity index (χ4v) is 4.05. The Hall–Kier alpha value is -1.35. The quantitative estimate of drug-likeness (QED) is 0.646. The molecule has 0 spiro atoms. The number of rotatable bonds is 5. The Morgan fingerprint density at radius 3 is 2.95 bits per heavy atom. The topological polar surface area (TPSA) is 84.4 Å². The van der Waals surface area contributed by atoms with Crippen molar-refractivity contribution in [3.63, 3.8) is 0 Å². The van der Waals surface area contributed by atoms with Gasteiger partial charge in [0, 0.05) is 18.8 Å². The maximum Gasteiger partial charge on any atom is 0.410 e. The zero-order valence-corrected chi connectivity index (χ0v) is 14.3. The number of piperidine rings is 1. The SMILES string of the molecule is COC(=O)N1CCCC[C@@H]1C(=O)NCCSc1nnc(C)s1. The van der Waals surface area contributed by atoms with Crippen LogP contribution in [0.5, 0.6) is 0 Å². The number of amides is 2. The van der Waals surface area contributed by atoms with Gasteiger partial charge in [-0.15, -0.1) is 10.2 Å². The van der Waals surface area contributed by atoms with Crippen LogP contribution >= 0.6 is 23.1 Å². The van der Waals surface area contributed by atoms with Gasteiger partial charge in [0.25, 0.3) is 0 Å². The van der Waals surface area contributed by atoms with E-state index in [9.17, 15) is 9.59 Å².